The average molecular weight is 637 g/mol. The van der Waals surface area contributed by atoms with E-state index in [1.165, 1.54) is 12.1 Å². The molecule has 0 aliphatic carbocycles. The molecule has 4 aromatic rings. The van der Waals surface area contributed by atoms with Crippen LogP contribution in [0.1, 0.15) is 30.5 Å². The van der Waals surface area contributed by atoms with Crippen LogP contribution in [0.3, 0.4) is 0 Å². The molecule has 2 atom stereocenters. The second-order valence-corrected chi connectivity index (χ2v) is 12.1. The van der Waals surface area contributed by atoms with Crippen molar-refractivity contribution in [3.8, 4) is 0 Å². The van der Waals surface area contributed by atoms with Crippen molar-refractivity contribution in [1.29, 1.82) is 0 Å². The lowest BCUT2D eigenvalue weighted by Gasteiger charge is -2.47. The molecule has 0 aromatic heterocycles. The number of rotatable bonds is 10. The highest BCUT2D eigenvalue weighted by molar-refractivity contribution is 5.92. The maximum absolute atomic E-state index is 14.3. The normalized spacial score (nSPS) is 18.0. The molecule has 10 nitrogen and oxygen atoms in total. The summed E-state index contributed by atoms with van der Waals surface area (Å²) < 4.78 is 13.4. The molecule has 0 bridgehead atoms. The molecule has 11 heteroatoms. The van der Waals surface area contributed by atoms with Gasteiger partial charge in [-0.1, -0.05) is 66.7 Å². The van der Waals surface area contributed by atoms with Crippen LogP contribution < -0.4 is 10.6 Å². The van der Waals surface area contributed by atoms with Crippen LogP contribution in [0.15, 0.2) is 91.0 Å². The predicted molar refractivity (Wildman–Crippen MR) is 176 cm³/mol. The van der Waals surface area contributed by atoms with E-state index in [-0.39, 0.29) is 49.7 Å². The maximum atomic E-state index is 14.3. The van der Waals surface area contributed by atoms with Crippen molar-refractivity contribution in [2.75, 3.05) is 18.4 Å². The first-order chi connectivity index (χ1) is 22.7. The lowest BCUT2D eigenvalue weighted by atomic mass is 9.98. The number of hydrogen-bond donors (Lipinski definition) is 2. The number of amides is 5. The van der Waals surface area contributed by atoms with Crippen LogP contribution in [-0.4, -0.2) is 75.4 Å². The van der Waals surface area contributed by atoms with Gasteiger partial charge in [0.1, 0.15) is 18.0 Å². The van der Waals surface area contributed by atoms with Crippen LogP contribution in [0.5, 0.6) is 0 Å². The number of piperazine rings is 1. The van der Waals surface area contributed by atoms with Crippen LogP contribution >= 0.6 is 0 Å². The van der Waals surface area contributed by atoms with Gasteiger partial charge in [-0.3, -0.25) is 19.4 Å². The molecule has 6 rings (SSSR count). The van der Waals surface area contributed by atoms with E-state index < -0.39 is 18.2 Å². The summed E-state index contributed by atoms with van der Waals surface area (Å²) in [7, 11) is 0. The first kappa shape index (κ1) is 31.7. The summed E-state index contributed by atoms with van der Waals surface area (Å²) in [6.45, 7) is 4.41. The van der Waals surface area contributed by atoms with Gasteiger partial charge < -0.3 is 20.4 Å². The van der Waals surface area contributed by atoms with E-state index in [9.17, 15) is 23.6 Å². The Bertz CT molecular complexity index is 1780. The molecule has 2 fully saturated rings. The summed E-state index contributed by atoms with van der Waals surface area (Å²) >= 11 is 0. The summed E-state index contributed by atoms with van der Waals surface area (Å²) in [4.78, 5) is 56.1. The van der Waals surface area contributed by atoms with Crippen molar-refractivity contribution in [3.63, 3.8) is 0 Å². The summed E-state index contributed by atoms with van der Waals surface area (Å²) in [6.07, 6.45) is 0.277. The molecule has 2 aliphatic heterocycles. The van der Waals surface area contributed by atoms with Crippen LogP contribution in [0, 0.1) is 5.82 Å². The minimum Gasteiger partial charge on any atom is -0.333 e. The molecule has 5 amide bonds. The molecule has 2 heterocycles. The Morgan fingerprint density at radius 2 is 1.66 bits per heavy atom. The van der Waals surface area contributed by atoms with Gasteiger partial charge >= 0.3 is 6.03 Å². The molecular formula is C36H37FN6O4. The number of urea groups is 1. The van der Waals surface area contributed by atoms with Gasteiger partial charge in [-0.05, 0) is 65.6 Å². The molecule has 47 heavy (non-hydrogen) atoms. The molecule has 0 unspecified atom stereocenters. The van der Waals surface area contributed by atoms with E-state index >= 15 is 0 Å². The standard InChI is InChI=1S/C36H37FN6O4/c1-24(2)43(36(47)38-19-26-10-14-29(37)15-11-26)41-22-34(45)42-32(18-25-12-16-30(17-13-25)39-23-44)35(46)40(21-33(41)42)20-28-8-5-7-27-6-3-4-9-31(27)28/h3-17,23-24,32-33H,18-22H2,1-2H3,(H,38,47)(H,39,44)/t32-,33+/m0/s1. The smallest absolute Gasteiger partial charge is 0.332 e. The Morgan fingerprint density at radius 1 is 0.957 bits per heavy atom. The number of benzene rings is 4. The van der Waals surface area contributed by atoms with Crippen LogP contribution in [0.2, 0.25) is 0 Å². The number of hydrazine groups is 1. The fraction of sp³-hybridized carbons (Fsp3) is 0.278. The predicted octanol–water partition coefficient (Wildman–Crippen LogP) is 4.51. The highest BCUT2D eigenvalue weighted by Gasteiger charge is 2.52. The van der Waals surface area contributed by atoms with Gasteiger partial charge in [0, 0.05) is 31.2 Å². The molecule has 0 spiro atoms. The molecule has 2 aliphatic rings. The molecule has 242 valence electrons. The van der Waals surface area contributed by atoms with E-state index in [4.69, 9.17) is 0 Å². The molecule has 2 saturated heterocycles. The third kappa shape index (κ3) is 6.66. The third-order valence-corrected chi connectivity index (χ3v) is 8.75. The number of nitrogens with zero attached hydrogens (tertiary/aromatic N) is 4. The Hall–Kier alpha value is -5.29. The Balaban J connectivity index is 1.31. The van der Waals surface area contributed by atoms with E-state index in [1.807, 2.05) is 68.4 Å². The van der Waals surface area contributed by atoms with Gasteiger partial charge in [0.2, 0.25) is 18.2 Å². The third-order valence-electron chi connectivity index (χ3n) is 8.75. The summed E-state index contributed by atoms with van der Waals surface area (Å²) in [6, 6.07) is 25.6. The first-order valence-electron chi connectivity index (χ1n) is 15.7. The molecule has 0 saturated carbocycles. The molecule has 4 aromatic carbocycles. The number of fused-ring (bicyclic) bond motifs is 2. The molecular weight excluding hydrogens is 599 g/mol. The number of hydrogen-bond acceptors (Lipinski definition) is 5. The highest BCUT2D eigenvalue weighted by Crippen LogP contribution is 2.32. The van der Waals surface area contributed by atoms with Crippen LogP contribution in [0.4, 0.5) is 14.9 Å². The monoisotopic (exact) mass is 636 g/mol. The number of halogens is 1. The van der Waals surface area contributed by atoms with Crippen molar-refractivity contribution in [2.24, 2.45) is 0 Å². The SMILES string of the molecule is CC(C)N(C(=O)NCc1ccc(F)cc1)N1CC(=O)N2[C@@H](Cc3ccc(NC=O)cc3)C(=O)N(Cc3cccc4ccccc34)C[C@@H]21. The number of nitrogens with one attached hydrogen (secondary N) is 2. The fourth-order valence-corrected chi connectivity index (χ4v) is 6.54. The second kappa shape index (κ2) is 13.6. The molecule has 0 radical (unpaired) electrons. The zero-order valence-corrected chi connectivity index (χ0v) is 26.3. The van der Waals surface area contributed by atoms with Gasteiger partial charge in [-0.15, -0.1) is 0 Å². The van der Waals surface area contributed by atoms with Gasteiger partial charge in [-0.2, -0.15) is 5.01 Å². The van der Waals surface area contributed by atoms with E-state index in [0.29, 0.717) is 18.6 Å². The summed E-state index contributed by atoms with van der Waals surface area (Å²) in [5, 5.41) is 11.0. The Morgan fingerprint density at radius 3 is 2.38 bits per heavy atom. The largest absolute Gasteiger partial charge is 0.333 e. The van der Waals surface area contributed by atoms with E-state index in [0.717, 1.165) is 27.5 Å². The van der Waals surface area contributed by atoms with Crippen molar-refractivity contribution in [2.45, 2.75) is 51.6 Å². The van der Waals surface area contributed by atoms with Crippen molar-refractivity contribution >= 4 is 40.7 Å². The van der Waals surface area contributed by atoms with Crippen molar-refractivity contribution in [3.05, 3.63) is 114 Å². The van der Waals surface area contributed by atoms with E-state index in [1.54, 1.807) is 44.1 Å². The zero-order valence-electron chi connectivity index (χ0n) is 26.3. The quantitative estimate of drug-likeness (QED) is 0.250. The lowest BCUT2D eigenvalue weighted by molar-refractivity contribution is -0.158. The Labute approximate surface area is 272 Å². The van der Waals surface area contributed by atoms with Crippen molar-refractivity contribution < 1.29 is 23.6 Å². The Kier molecular flexibility index (Phi) is 9.17. The molecule has 2 N–H and O–H groups in total. The minimum atomic E-state index is -0.803. The summed E-state index contributed by atoms with van der Waals surface area (Å²) in [5.74, 6) is -0.770. The lowest BCUT2D eigenvalue weighted by Crippen LogP contribution is -2.66. The maximum Gasteiger partial charge on any atom is 0.332 e. The van der Waals surface area contributed by atoms with Crippen LogP contribution in [-0.2, 0) is 33.9 Å². The van der Waals surface area contributed by atoms with Gasteiger partial charge in [0.15, 0.2) is 0 Å². The topological polar surface area (TPSA) is 105 Å². The minimum absolute atomic E-state index is 0.0686. The van der Waals surface area contributed by atoms with E-state index in [2.05, 4.69) is 10.6 Å². The van der Waals surface area contributed by atoms with Crippen LogP contribution in [0.25, 0.3) is 10.8 Å². The average Bonchev–Trinajstić information content (AvgIpc) is 3.38. The number of carbonyl (C=O) groups excluding carboxylic acids is 4. The summed E-state index contributed by atoms with van der Waals surface area (Å²) in [5.41, 5.74) is 3.18. The fourth-order valence-electron chi connectivity index (χ4n) is 6.54. The number of carbonyl (C=O) groups is 4. The first-order valence-corrected chi connectivity index (χ1v) is 15.7. The second-order valence-electron chi connectivity index (χ2n) is 12.1. The van der Waals surface area contributed by atoms with Gasteiger partial charge in [-0.25, -0.2) is 9.18 Å². The zero-order chi connectivity index (χ0) is 33.1. The van der Waals surface area contributed by atoms with Crippen molar-refractivity contribution in [1.82, 2.24) is 25.1 Å². The number of anilines is 1. The van der Waals surface area contributed by atoms with Gasteiger partial charge in [0.25, 0.3) is 0 Å². The van der Waals surface area contributed by atoms with Gasteiger partial charge in [0.05, 0.1) is 13.1 Å². The highest BCUT2D eigenvalue weighted by atomic mass is 19.1.